The van der Waals surface area contributed by atoms with Gasteiger partial charge in [-0.05, 0) is 25.0 Å². The SMILES string of the molecule is O=C(O)c1cccc2ncn(C3CCCOC3)c12. The van der Waals surface area contributed by atoms with E-state index in [0.717, 1.165) is 25.0 Å². The van der Waals surface area contributed by atoms with Gasteiger partial charge >= 0.3 is 5.97 Å². The number of aromatic nitrogens is 2. The highest BCUT2D eigenvalue weighted by Crippen LogP contribution is 2.26. The van der Waals surface area contributed by atoms with Crippen LogP contribution in [-0.4, -0.2) is 33.8 Å². The molecule has 1 unspecified atom stereocenters. The van der Waals surface area contributed by atoms with Gasteiger partial charge in [0.1, 0.15) is 0 Å². The fraction of sp³-hybridized carbons (Fsp3) is 0.385. The Bertz CT molecular complexity index is 585. The van der Waals surface area contributed by atoms with Gasteiger partial charge < -0.3 is 14.4 Å². The Balaban J connectivity index is 2.14. The second-order valence-corrected chi connectivity index (χ2v) is 4.50. The van der Waals surface area contributed by atoms with Crippen LogP contribution in [0.5, 0.6) is 0 Å². The van der Waals surface area contributed by atoms with Crippen LogP contribution in [0.4, 0.5) is 0 Å². The molecule has 1 atom stereocenters. The number of rotatable bonds is 2. The summed E-state index contributed by atoms with van der Waals surface area (Å²) in [7, 11) is 0. The van der Waals surface area contributed by atoms with E-state index in [1.54, 1.807) is 18.5 Å². The molecule has 1 N–H and O–H groups in total. The van der Waals surface area contributed by atoms with Gasteiger partial charge in [-0.25, -0.2) is 9.78 Å². The van der Waals surface area contributed by atoms with Gasteiger partial charge in [-0.3, -0.25) is 0 Å². The van der Waals surface area contributed by atoms with Crippen LogP contribution in [0, 0.1) is 0 Å². The second kappa shape index (κ2) is 4.42. The van der Waals surface area contributed by atoms with Gasteiger partial charge in [-0.2, -0.15) is 0 Å². The number of fused-ring (bicyclic) bond motifs is 1. The van der Waals surface area contributed by atoms with Crippen molar-refractivity contribution in [1.29, 1.82) is 0 Å². The molecule has 2 heterocycles. The number of benzene rings is 1. The Labute approximate surface area is 104 Å². The zero-order valence-corrected chi connectivity index (χ0v) is 9.87. The summed E-state index contributed by atoms with van der Waals surface area (Å²) >= 11 is 0. The van der Waals surface area contributed by atoms with Crippen LogP contribution in [-0.2, 0) is 4.74 Å². The van der Waals surface area contributed by atoms with Crippen molar-refractivity contribution >= 4 is 17.0 Å². The number of imidazole rings is 1. The molecule has 0 radical (unpaired) electrons. The number of aromatic carboxylic acids is 1. The summed E-state index contributed by atoms with van der Waals surface area (Å²) in [5, 5.41) is 9.25. The monoisotopic (exact) mass is 246 g/mol. The summed E-state index contributed by atoms with van der Waals surface area (Å²) in [6.07, 6.45) is 3.72. The lowest BCUT2D eigenvalue weighted by molar-refractivity contribution is 0.0600. The van der Waals surface area contributed by atoms with Gasteiger partial charge in [0.25, 0.3) is 0 Å². The molecule has 1 aromatic carbocycles. The maximum absolute atomic E-state index is 11.3. The Morgan fingerprint density at radius 3 is 3.11 bits per heavy atom. The third-order valence-electron chi connectivity index (χ3n) is 3.35. The van der Waals surface area contributed by atoms with Gasteiger partial charge in [0.2, 0.25) is 0 Å². The molecule has 0 aliphatic carbocycles. The number of hydrogen-bond acceptors (Lipinski definition) is 3. The van der Waals surface area contributed by atoms with Crippen molar-refractivity contribution in [1.82, 2.24) is 9.55 Å². The van der Waals surface area contributed by atoms with Crippen LogP contribution in [0.25, 0.3) is 11.0 Å². The number of carbonyl (C=O) groups is 1. The number of carboxylic acid groups (broad SMARTS) is 1. The van der Waals surface area contributed by atoms with E-state index in [1.165, 1.54) is 0 Å². The Kier molecular flexibility index (Phi) is 2.76. The first kappa shape index (κ1) is 11.2. The normalized spacial score (nSPS) is 20.1. The molecule has 1 saturated heterocycles. The van der Waals surface area contributed by atoms with Crippen LogP contribution < -0.4 is 0 Å². The van der Waals surface area contributed by atoms with E-state index in [-0.39, 0.29) is 6.04 Å². The minimum absolute atomic E-state index is 0.184. The van der Waals surface area contributed by atoms with Crippen molar-refractivity contribution in [3.05, 3.63) is 30.1 Å². The number of carboxylic acids is 1. The first-order valence-corrected chi connectivity index (χ1v) is 6.04. The van der Waals surface area contributed by atoms with E-state index < -0.39 is 5.97 Å². The first-order valence-electron chi connectivity index (χ1n) is 6.04. The van der Waals surface area contributed by atoms with E-state index in [9.17, 15) is 9.90 Å². The van der Waals surface area contributed by atoms with Crippen molar-refractivity contribution in [3.8, 4) is 0 Å². The van der Waals surface area contributed by atoms with Gasteiger partial charge in [0, 0.05) is 6.61 Å². The largest absolute Gasteiger partial charge is 0.478 e. The summed E-state index contributed by atoms with van der Waals surface area (Å²) in [5.41, 5.74) is 1.72. The average Bonchev–Trinajstić information content (AvgIpc) is 2.83. The van der Waals surface area contributed by atoms with Crippen molar-refractivity contribution in [3.63, 3.8) is 0 Å². The van der Waals surface area contributed by atoms with Crippen LogP contribution in [0.15, 0.2) is 24.5 Å². The molecule has 3 rings (SSSR count). The second-order valence-electron chi connectivity index (χ2n) is 4.50. The third kappa shape index (κ3) is 1.76. The number of ether oxygens (including phenoxy) is 1. The predicted molar refractivity (Wildman–Crippen MR) is 65.8 cm³/mol. The van der Waals surface area contributed by atoms with Crippen molar-refractivity contribution < 1.29 is 14.6 Å². The van der Waals surface area contributed by atoms with Crippen molar-refractivity contribution in [2.24, 2.45) is 0 Å². The highest BCUT2D eigenvalue weighted by atomic mass is 16.5. The van der Waals surface area contributed by atoms with Crippen LogP contribution in [0.1, 0.15) is 29.2 Å². The predicted octanol–water partition coefficient (Wildman–Crippen LogP) is 2.09. The van der Waals surface area contributed by atoms with E-state index in [0.29, 0.717) is 17.7 Å². The topological polar surface area (TPSA) is 64.3 Å². The molecule has 5 heteroatoms. The Hall–Kier alpha value is -1.88. The summed E-state index contributed by atoms with van der Waals surface area (Å²) in [6.45, 7) is 1.41. The molecule has 18 heavy (non-hydrogen) atoms. The van der Waals surface area contributed by atoms with E-state index >= 15 is 0 Å². The minimum atomic E-state index is -0.918. The maximum Gasteiger partial charge on any atom is 0.337 e. The molecule has 1 fully saturated rings. The van der Waals surface area contributed by atoms with Crippen molar-refractivity contribution in [2.45, 2.75) is 18.9 Å². The van der Waals surface area contributed by atoms with Gasteiger partial charge in [0.15, 0.2) is 0 Å². The fourth-order valence-corrected chi connectivity index (χ4v) is 2.48. The quantitative estimate of drug-likeness (QED) is 0.881. The summed E-state index contributed by atoms with van der Waals surface area (Å²) < 4.78 is 7.40. The lowest BCUT2D eigenvalue weighted by atomic mass is 10.1. The summed E-state index contributed by atoms with van der Waals surface area (Å²) in [5.74, 6) is -0.918. The fourth-order valence-electron chi connectivity index (χ4n) is 2.48. The smallest absolute Gasteiger partial charge is 0.337 e. The third-order valence-corrected chi connectivity index (χ3v) is 3.35. The molecule has 0 amide bonds. The lowest BCUT2D eigenvalue weighted by Gasteiger charge is -2.24. The molecule has 0 spiro atoms. The average molecular weight is 246 g/mol. The maximum atomic E-state index is 11.3. The number of nitrogens with zero attached hydrogens (tertiary/aromatic N) is 2. The first-order chi connectivity index (χ1) is 8.77. The molecule has 1 aliphatic rings. The van der Waals surface area contributed by atoms with Gasteiger partial charge in [-0.1, -0.05) is 6.07 Å². The van der Waals surface area contributed by atoms with Crippen LogP contribution >= 0.6 is 0 Å². The molecule has 0 bridgehead atoms. The van der Waals surface area contributed by atoms with Crippen LogP contribution in [0.3, 0.4) is 0 Å². The van der Waals surface area contributed by atoms with E-state index in [4.69, 9.17) is 4.74 Å². The van der Waals surface area contributed by atoms with Crippen molar-refractivity contribution in [2.75, 3.05) is 13.2 Å². The van der Waals surface area contributed by atoms with Gasteiger partial charge in [-0.15, -0.1) is 0 Å². The highest BCUT2D eigenvalue weighted by Gasteiger charge is 2.21. The molecule has 1 aromatic heterocycles. The zero-order valence-electron chi connectivity index (χ0n) is 9.87. The Morgan fingerprint density at radius 2 is 2.39 bits per heavy atom. The standard InChI is InChI=1S/C13H14N2O3/c16-13(17)10-4-1-5-11-12(10)15(8-14-11)9-3-2-6-18-7-9/h1,4-5,8-9H,2-3,6-7H2,(H,16,17). The number of para-hydroxylation sites is 1. The minimum Gasteiger partial charge on any atom is -0.478 e. The van der Waals surface area contributed by atoms with E-state index in [1.807, 2.05) is 10.6 Å². The molecule has 94 valence electrons. The highest BCUT2D eigenvalue weighted by molar-refractivity contribution is 6.01. The molecular formula is C13H14N2O3. The Morgan fingerprint density at radius 1 is 1.50 bits per heavy atom. The summed E-state index contributed by atoms with van der Waals surface area (Å²) in [4.78, 5) is 15.6. The summed E-state index contributed by atoms with van der Waals surface area (Å²) in [6, 6.07) is 5.36. The molecule has 0 saturated carbocycles. The van der Waals surface area contributed by atoms with Crippen LogP contribution in [0.2, 0.25) is 0 Å². The van der Waals surface area contributed by atoms with E-state index in [2.05, 4.69) is 4.98 Å². The zero-order chi connectivity index (χ0) is 12.5. The molecular weight excluding hydrogens is 232 g/mol. The molecule has 5 nitrogen and oxygen atoms in total. The molecule has 1 aliphatic heterocycles. The molecule has 2 aromatic rings. The number of hydrogen-bond donors (Lipinski definition) is 1. The lowest BCUT2D eigenvalue weighted by Crippen LogP contribution is -2.21. The van der Waals surface area contributed by atoms with Gasteiger partial charge in [0.05, 0.1) is 35.6 Å².